The Morgan fingerprint density at radius 3 is 2.53 bits per heavy atom. The van der Waals surface area contributed by atoms with Gasteiger partial charge in [-0.05, 0) is 57.9 Å². The molecule has 2 amide bonds. The molecule has 2 aromatic carbocycles. The predicted molar refractivity (Wildman–Crippen MR) is 116 cm³/mol. The number of anilines is 1. The van der Waals surface area contributed by atoms with Crippen LogP contribution in [0.3, 0.4) is 0 Å². The fraction of sp³-hybridized carbons (Fsp3) is 0.136. The third kappa shape index (κ3) is 5.87. The van der Waals surface area contributed by atoms with E-state index in [0.29, 0.717) is 16.7 Å². The molecule has 30 heavy (non-hydrogen) atoms. The van der Waals surface area contributed by atoms with Gasteiger partial charge in [0, 0.05) is 35.4 Å². The number of carbonyl (C=O) groups is 2. The topological polar surface area (TPSA) is 80.2 Å². The molecule has 0 aliphatic carbocycles. The highest BCUT2D eigenvalue weighted by Crippen LogP contribution is 2.17. The number of hydrogen-bond acceptors (Lipinski definition) is 3. The molecule has 0 fully saturated rings. The molecule has 0 atom stereocenters. The average molecular weight is 472 g/mol. The van der Waals surface area contributed by atoms with Gasteiger partial charge >= 0.3 is 0 Å². The molecule has 3 rings (SSSR count). The zero-order valence-electron chi connectivity index (χ0n) is 15.9. The predicted octanol–water partition coefficient (Wildman–Crippen LogP) is 3.56. The van der Waals surface area contributed by atoms with Gasteiger partial charge in [0.1, 0.15) is 5.82 Å². The van der Waals surface area contributed by atoms with Crippen LogP contribution in [0, 0.1) is 5.82 Å². The molecule has 0 saturated carbocycles. The van der Waals surface area contributed by atoms with E-state index in [0.717, 1.165) is 11.6 Å². The molecule has 8 heteroatoms. The van der Waals surface area contributed by atoms with E-state index in [1.165, 1.54) is 18.2 Å². The van der Waals surface area contributed by atoms with Gasteiger partial charge in [-0.15, -0.1) is 0 Å². The van der Waals surface area contributed by atoms with Crippen LogP contribution in [-0.4, -0.2) is 22.9 Å². The van der Waals surface area contributed by atoms with E-state index in [9.17, 15) is 18.8 Å². The molecule has 0 spiro atoms. The first-order valence-corrected chi connectivity index (χ1v) is 9.99. The zero-order valence-corrected chi connectivity index (χ0v) is 17.5. The van der Waals surface area contributed by atoms with Crippen molar-refractivity contribution in [1.29, 1.82) is 0 Å². The van der Waals surface area contributed by atoms with E-state index >= 15 is 0 Å². The van der Waals surface area contributed by atoms with Gasteiger partial charge in [0.05, 0.1) is 12.1 Å². The molecule has 1 heterocycles. The first kappa shape index (κ1) is 21.4. The second-order valence-electron chi connectivity index (χ2n) is 6.54. The Morgan fingerprint density at radius 2 is 1.80 bits per heavy atom. The highest BCUT2D eigenvalue weighted by molar-refractivity contribution is 9.10. The Kier molecular flexibility index (Phi) is 7.13. The molecule has 0 aliphatic rings. The summed E-state index contributed by atoms with van der Waals surface area (Å²) in [6.07, 6.45) is 1.79. The van der Waals surface area contributed by atoms with Crippen molar-refractivity contribution >= 4 is 33.4 Å². The van der Waals surface area contributed by atoms with E-state index in [1.807, 2.05) is 12.1 Å². The number of pyridine rings is 1. The van der Waals surface area contributed by atoms with Gasteiger partial charge in [0.15, 0.2) is 0 Å². The number of aromatic nitrogens is 1. The summed E-state index contributed by atoms with van der Waals surface area (Å²) in [6.45, 7) is 0.554. The van der Waals surface area contributed by atoms with Crippen molar-refractivity contribution in [1.82, 2.24) is 9.88 Å². The summed E-state index contributed by atoms with van der Waals surface area (Å²) >= 11 is 3.20. The van der Waals surface area contributed by atoms with Crippen LogP contribution in [0.4, 0.5) is 10.1 Å². The normalized spacial score (nSPS) is 10.5. The Bertz CT molecular complexity index is 1110. The summed E-state index contributed by atoms with van der Waals surface area (Å²) in [5.41, 5.74) is 1.63. The number of halogens is 2. The largest absolute Gasteiger partial charge is 0.351 e. The minimum Gasteiger partial charge on any atom is -0.351 e. The number of amides is 2. The molecule has 6 nitrogen and oxygen atoms in total. The molecule has 3 aromatic rings. The number of nitrogens with one attached hydrogen (secondary N) is 2. The van der Waals surface area contributed by atoms with Crippen molar-refractivity contribution in [2.24, 2.45) is 0 Å². The molecule has 0 bridgehead atoms. The Hall–Kier alpha value is -3.26. The minimum absolute atomic E-state index is 0.0693. The minimum atomic E-state index is -0.512. The highest BCUT2D eigenvalue weighted by atomic mass is 79.9. The fourth-order valence-electron chi connectivity index (χ4n) is 2.76. The molecule has 0 unspecified atom stereocenters. The lowest BCUT2D eigenvalue weighted by Crippen LogP contribution is -2.28. The van der Waals surface area contributed by atoms with Crippen molar-refractivity contribution in [2.75, 3.05) is 11.9 Å². The van der Waals surface area contributed by atoms with Crippen molar-refractivity contribution in [3.8, 4) is 0 Å². The Morgan fingerprint density at radius 1 is 1.03 bits per heavy atom. The van der Waals surface area contributed by atoms with E-state index in [-0.39, 0.29) is 30.0 Å². The van der Waals surface area contributed by atoms with Gasteiger partial charge in [-0.2, -0.15) is 0 Å². The van der Waals surface area contributed by atoms with Crippen LogP contribution in [0.1, 0.15) is 22.3 Å². The van der Waals surface area contributed by atoms with Crippen LogP contribution in [0.2, 0.25) is 0 Å². The van der Waals surface area contributed by atoms with Crippen LogP contribution in [-0.2, 0) is 11.3 Å². The molecule has 1 aromatic heterocycles. The van der Waals surface area contributed by atoms with Crippen LogP contribution in [0.15, 0.2) is 76.1 Å². The summed E-state index contributed by atoms with van der Waals surface area (Å²) in [6, 6.07) is 16.0. The standard InChI is InChI=1S/C22H19BrFN3O3/c23-19-9-6-16(24)13-18(19)22(30)25-11-10-20(28)26-17-7-4-15(5-8-17)14-27-12-2-1-3-21(27)29/h1-9,12-13H,10-11,14H2,(H,25,30)(H,26,28). The second kappa shape index (κ2) is 9.98. The highest BCUT2D eigenvalue weighted by Gasteiger charge is 2.11. The second-order valence-corrected chi connectivity index (χ2v) is 7.40. The summed E-state index contributed by atoms with van der Waals surface area (Å²) in [4.78, 5) is 36.0. The summed E-state index contributed by atoms with van der Waals surface area (Å²) < 4.78 is 15.4. The van der Waals surface area contributed by atoms with Gasteiger partial charge in [0.2, 0.25) is 5.91 Å². The van der Waals surface area contributed by atoms with Crippen molar-refractivity contribution in [3.05, 3.63) is 98.6 Å². The van der Waals surface area contributed by atoms with Crippen LogP contribution in [0.25, 0.3) is 0 Å². The van der Waals surface area contributed by atoms with Gasteiger partial charge < -0.3 is 15.2 Å². The number of nitrogens with zero attached hydrogens (tertiary/aromatic N) is 1. The molecular weight excluding hydrogens is 453 g/mol. The van der Waals surface area contributed by atoms with E-state index in [1.54, 1.807) is 35.0 Å². The summed E-state index contributed by atoms with van der Waals surface area (Å²) in [5.74, 6) is -1.24. The van der Waals surface area contributed by atoms with Gasteiger partial charge in [0.25, 0.3) is 11.5 Å². The average Bonchev–Trinajstić information content (AvgIpc) is 2.73. The van der Waals surface area contributed by atoms with Crippen molar-refractivity contribution < 1.29 is 14.0 Å². The molecule has 2 N–H and O–H groups in total. The first-order chi connectivity index (χ1) is 14.4. The molecule has 0 aliphatic heterocycles. The third-order valence-electron chi connectivity index (χ3n) is 4.30. The number of carbonyl (C=O) groups excluding carboxylic acids is 2. The van der Waals surface area contributed by atoms with Gasteiger partial charge in [-0.1, -0.05) is 18.2 Å². The van der Waals surface area contributed by atoms with E-state index in [2.05, 4.69) is 26.6 Å². The maximum absolute atomic E-state index is 13.3. The van der Waals surface area contributed by atoms with Crippen LogP contribution in [0.5, 0.6) is 0 Å². The number of hydrogen-bond donors (Lipinski definition) is 2. The summed E-state index contributed by atoms with van der Waals surface area (Å²) in [5, 5.41) is 5.35. The van der Waals surface area contributed by atoms with E-state index < -0.39 is 11.7 Å². The molecular formula is C22H19BrFN3O3. The number of benzene rings is 2. The maximum atomic E-state index is 13.3. The fourth-order valence-corrected chi connectivity index (χ4v) is 3.19. The lowest BCUT2D eigenvalue weighted by atomic mass is 10.2. The molecule has 0 saturated heterocycles. The molecule has 0 radical (unpaired) electrons. The quantitative estimate of drug-likeness (QED) is 0.552. The first-order valence-electron chi connectivity index (χ1n) is 9.20. The lowest BCUT2D eigenvalue weighted by molar-refractivity contribution is -0.116. The van der Waals surface area contributed by atoms with Crippen LogP contribution < -0.4 is 16.2 Å². The Balaban J connectivity index is 1.48. The summed E-state index contributed by atoms with van der Waals surface area (Å²) in [7, 11) is 0. The van der Waals surface area contributed by atoms with Crippen molar-refractivity contribution in [2.45, 2.75) is 13.0 Å². The Labute approximate surface area is 180 Å². The van der Waals surface area contributed by atoms with Crippen LogP contribution >= 0.6 is 15.9 Å². The smallest absolute Gasteiger partial charge is 0.252 e. The molecule has 154 valence electrons. The number of rotatable bonds is 7. The van der Waals surface area contributed by atoms with Crippen molar-refractivity contribution in [3.63, 3.8) is 0 Å². The van der Waals surface area contributed by atoms with Gasteiger partial charge in [-0.3, -0.25) is 14.4 Å². The third-order valence-corrected chi connectivity index (χ3v) is 4.99. The maximum Gasteiger partial charge on any atom is 0.252 e. The monoisotopic (exact) mass is 471 g/mol. The van der Waals surface area contributed by atoms with E-state index in [4.69, 9.17) is 0 Å². The zero-order chi connectivity index (χ0) is 21.5. The SMILES string of the molecule is O=C(CCNC(=O)c1cc(F)ccc1Br)Nc1ccc(Cn2ccccc2=O)cc1. The lowest BCUT2D eigenvalue weighted by Gasteiger charge is -2.09. The van der Waals surface area contributed by atoms with Gasteiger partial charge in [-0.25, -0.2) is 4.39 Å².